The van der Waals surface area contributed by atoms with Gasteiger partial charge in [0.1, 0.15) is 0 Å². The van der Waals surface area contributed by atoms with Gasteiger partial charge in [-0.3, -0.25) is 9.48 Å². The molecule has 1 unspecified atom stereocenters. The molecular weight excluding hydrogens is 292 g/mol. The van der Waals surface area contributed by atoms with Crippen LogP contribution >= 0.6 is 0 Å². The Morgan fingerprint density at radius 3 is 2.81 bits per heavy atom. The number of hydrogen-bond acceptors (Lipinski definition) is 4. The van der Waals surface area contributed by atoms with Crippen LogP contribution in [0, 0.1) is 12.3 Å². The highest BCUT2D eigenvalue weighted by Crippen LogP contribution is 2.23. The fourth-order valence-electron chi connectivity index (χ4n) is 2.01. The van der Waals surface area contributed by atoms with Crippen molar-refractivity contribution in [3.63, 3.8) is 0 Å². The largest absolute Gasteiger partial charge is 0.336 e. The first-order valence-corrected chi connectivity index (χ1v) is 8.01. The first-order chi connectivity index (χ1) is 9.75. The SMILES string of the molecule is C#CC(C)(CC)NC(=O)c1cnn2c1S(=O)(=O)N(C)CC2. The summed E-state index contributed by atoms with van der Waals surface area (Å²) < 4.78 is 27.2. The second kappa shape index (κ2) is 5.16. The van der Waals surface area contributed by atoms with E-state index >= 15 is 0 Å². The van der Waals surface area contributed by atoms with Gasteiger partial charge in [-0.25, -0.2) is 8.42 Å². The maximum atomic E-state index is 12.4. The smallest absolute Gasteiger partial charge is 0.260 e. The summed E-state index contributed by atoms with van der Waals surface area (Å²) in [5.74, 6) is 1.98. The van der Waals surface area contributed by atoms with E-state index in [1.54, 1.807) is 6.92 Å². The molecule has 2 heterocycles. The Bertz CT molecular complexity index is 716. The highest BCUT2D eigenvalue weighted by molar-refractivity contribution is 7.89. The van der Waals surface area contributed by atoms with Gasteiger partial charge < -0.3 is 5.32 Å². The summed E-state index contributed by atoms with van der Waals surface area (Å²) in [5.41, 5.74) is -0.799. The van der Waals surface area contributed by atoms with Crippen molar-refractivity contribution in [1.82, 2.24) is 19.4 Å². The maximum absolute atomic E-state index is 12.4. The number of carbonyl (C=O) groups is 1. The highest BCUT2D eigenvalue weighted by Gasteiger charge is 2.36. The first kappa shape index (κ1) is 15.5. The second-order valence-electron chi connectivity index (χ2n) is 5.20. The van der Waals surface area contributed by atoms with E-state index < -0.39 is 21.5 Å². The normalized spacial score (nSPS) is 20.1. The third-order valence-corrected chi connectivity index (χ3v) is 5.65. The number of amides is 1. The summed E-state index contributed by atoms with van der Waals surface area (Å²) in [6.45, 7) is 4.30. The third-order valence-electron chi connectivity index (χ3n) is 3.73. The van der Waals surface area contributed by atoms with E-state index in [0.29, 0.717) is 19.5 Å². The molecule has 1 aromatic rings. The standard InChI is InChI=1S/C13H18N4O3S/c1-5-13(3,6-2)15-11(18)10-9-14-17-8-7-16(4)21(19,20)12(10)17/h1,9H,6-8H2,2-4H3,(H,15,18). The molecule has 0 bridgehead atoms. The molecule has 0 aliphatic carbocycles. The van der Waals surface area contributed by atoms with Gasteiger partial charge in [0.15, 0.2) is 5.03 Å². The zero-order chi connectivity index (χ0) is 15.8. The van der Waals surface area contributed by atoms with Crippen LogP contribution in [0.5, 0.6) is 0 Å². The van der Waals surface area contributed by atoms with Gasteiger partial charge in [0.05, 0.1) is 23.8 Å². The van der Waals surface area contributed by atoms with Crippen molar-refractivity contribution in [1.29, 1.82) is 0 Å². The van der Waals surface area contributed by atoms with Crippen molar-refractivity contribution in [2.75, 3.05) is 13.6 Å². The Kier molecular flexibility index (Phi) is 3.82. The topological polar surface area (TPSA) is 84.3 Å². The van der Waals surface area contributed by atoms with Crippen LogP contribution in [-0.4, -0.2) is 47.5 Å². The predicted molar refractivity (Wildman–Crippen MR) is 77.0 cm³/mol. The minimum atomic E-state index is -3.70. The van der Waals surface area contributed by atoms with Gasteiger partial charge in [0.2, 0.25) is 0 Å². The molecule has 1 aromatic heterocycles. The lowest BCUT2D eigenvalue weighted by Crippen LogP contribution is -2.45. The number of sulfonamides is 1. The summed E-state index contributed by atoms with van der Waals surface area (Å²) in [6, 6.07) is 0. The molecule has 1 amide bonds. The number of rotatable bonds is 3. The minimum absolute atomic E-state index is 0.0245. The van der Waals surface area contributed by atoms with E-state index in [9.17, 15) is 13.2 Å². The minimum Gasteiger partial charge on any atom is -0.336 e. The molecule has 1 aliphatic heterocycles. The molecule has 0 saturated heterocycles. The highest BCUT2D eigenvalue weighted by atomic mass is 32.2. The molecule has 7 nitrogen and oxygen atoms in total. The number of carbonyl (C=O) groups excluding carboxylic acids is 1. The zero-order valence-corrected chi connectivity index (χ0v) is 13.1. The lowest BCUT2D eigenvalue weighted by molar-refractivity contribution is 0.0919. The van der Waals surface area contributed by atoms with E-state index in [-0.39, 0.29) is 10.6 Å². The number of hydrogen-bond donors (Lipinski definition) is 1. The summed E-state index contributed by atoms with van der Waals surface area (Å²) in [6.07, 6.45) is 7.23. The summed E-state index contributed by atoms with van der Waals surface area (Å²) in [4.78, 5) is 12.4. The Labute approximate surface area is 124 Å². The Morgan fingerprint density at radius 2 is 2.24 bits per heavy atom. The van der Waals surface area contributed by atoms with Crippen molar-refractivity contribution < 1.29 is 13.2 Å². The maximum Gasteiger partial charge on any atom is 0.260 e. The average molecular weight is 310 g/mol. The van der Waals surface area contributed by atoms with E-state index in [2.05, 4.69) is 16.3 Å². The van der Waals surface area contributed by atoms with Crippen LogP contribution in [0.2, 0.25) is 0 Å². The van der Waals surface area contributed by atoms with Gasteiger partial charge >= 0.3 is 0 Å². The van der Waals surface area contributed by atoms with Crippen LogP contribution < -0.4 is 5.32 Å². The van der Waals surface area contributed by atoms with E-state index in [1.807, 2.05) is 6.92 Å². The number of nitrogens with zero attached hydrogens (tertiary/aromatic N) is 3. The molecule has 2 rings (SSSR count). The van der Waals surface area contributed by atoms with Crippen LogP contribution in [0.1, 0.15) is 30.6 Å². The van der Waals surface area contributed by atoms with Crippen molar-refractivity contribution in [2.45, 2.75) is 37.4 Å². The van der Waals surface area contributed by atoms with Crippen LogP contribution in [-0.2, 0) is 16.6 Å². The van der Waals surface area contributed by atoms with E-state index in [1.165, 1.54) is 22.2 Å². The monoisotopic (exact) mass is 310 g/mol. The van der Waals surface area contributed by atoms with Crippen molar-refractivity contribution >= 4 is 15.9 Å². The number of nitrogens with one attached hydrogen (secondary N) is 1. The van der Waals surface area contributed by atoms with Crippen LogP contribution in [0.4, 0.5) is 0 Å². The first-order valence-electron chi connectivity index (χ1n) is 6.57. The van der Waals surface area contributed by atoms with Gasteiger partial charge in [0, 0.05) is 13.6 Å². The molecule has 0 radical (unpaired) electrons. The van der Waals surface area contributed by atoms with Crippen LogP contribution in [0.3, 0.4) is 0 Å². The number of likely N-dealkylation sites (N-methyl/N-ethyl adjacent to an activating group) is 1. The van der Waals surface area contributed by atoms with Crippen LogP contribution in [0.25, 0.3) is 0 Å². The third kappa shape index (κ3) is 2.54. The zero-order valence-electron chi connectivity index (χ0n) is 12.3. The summed E-state index contributed by atoms with van der Waals surface area (Å²) >= 11 is 0. The van der Waals surface area contributed by atoms with Gasteiger partial charge in [-0.15, -0.1) is 6.42 Å². The molecule has 0 spiro atoms. The Balaban J connectivity index is 2.43. The molecule has 8 heteroatoms. The summed E-state index contributed by atoms with van der Waals surface area (Å²) in [5, 5.41) is 6.59. The molecular formula is C13H18N4O3S. The molecule has 0 fully saturated rings. The van der Waals surface area contributed by atoms with Gasteiger partial charge in [-0.2, -0.15) is 9.40 Å². The number of fused-ring (bicyclic) bond motifs is 1. The molecule has 1 atom stereocenters. The fraction of sp³-hybridized carbons (Fsp3) is 0.538. The molecule has 21 heavy (non-hydrogen) atoms. The van der Waals surface area contributed by atoms with E-state index in [4.69, 9.17) is 6.42 Å². The second-order valence-corrected chi connectivity index (χ2v) is 7.16. The van der Waals surface area contributed by atoms with Crippen molar-refractivity contribution in [3.05, 3.63) is 11.8 Å². The lowest BCUT2D eigenvalue weighted by atomic mass is 10.00. The van der Waals surface area contributed by atoms with Crippen LogP contribution in [0.15, 0.2) is 11.2 Å². The molecule has 114 valence electrons. The summed E-state index contributed by atoms with van der Waals surface area (Å²) in [7, 11) is -2.22. The fourth-order valence-corrected chi connectivity index (χ4v) is 3.45. The molecule has 0 aromatic carbocycles. The van der Waals surface area contributed by atoms with Crippen molar-refractivity contribution in [2.24, 2.45) is 0 Å². The van der Waals surface area contributed by atoms with E-state index in [0.717, 1.165) is 0 Å². The number of aromatic nitrogens is 2. The number of terminal acetylenes is 1. The molecule has 1 aliphatic rings. The van der Waals surface area contributed by atoms with Gasteiger partial charge in [-0.05, 0) is 13.3 Å². The Hall–Kier alpha value is -1.85. The molecule has 1 N–H and O–H groups in total. The lowest BCUT2D eigenvalue weighted by Gasteiger charge is -2.26. The predicted octanol–water partition coefficient (Wildman–Crippen LogP) is 0.0489. The average Bonchev–Trinajstić information content (AvgIpc) is 2.88. The van der Waals surface area contributed by atoms with Gasteiger partial charge in [0.25, 0.3) is 15.9 Å². The Morgan fingerprint density at radius 1 is 1.57 bits per heavy atom. The van der Waals surface area contributed by atoms with Crippen molar-refractivity contribution in [3.8, 4) is 12.3 Å². The molecule has 0 saturated carbocycles. The quantitative estimate of drug-likeness (QED) is 0.800. The van der Waals surface area contributed by atoms with Gasteiger partial charge in [-0.1, -0.05) is 12.8 Å².